The Morgan fingerprint density at radius 3 is 2.94 bits per heavy atom. The summed E-state index contributed by atoms with van der Waals surface area (Å²) < 4.78 is 0. The minimum atomic E-state index is -0.430. The number of aryl methyl sites for hydroxylation is 1. The van der Waals surface area contributed by atoms with Crippen LogP contribution in [0.3, 0.4) is 0 Å². The molecule has 4 nitrogen and oxygen atoms in total. The second-order valence-electron chi connectivity index (χ2n) is 3.94. The van der Waals surface area contributed by atoms with E-state index < -0.39 is 6.04 Å². The van der Waals surface area contributed by atoms with Crippen molar-refractivity contribution in [2.24, 2.45) is 0 Å². The molecule has 0 spiro atoms. The lowest BCUT2D eigenvalue weighted by atomic mass is 10.2. The second kappa shape index (κ2) is 5.23. The molecule has 2 N–H and O–H groups in total. The van der Waals surface area contributed by atoms with Crippen LogP contribution in [0, 0.1) is 6.92 Å². The van der Waals surface area contributed by atoms with Gasteiger partial charge in [0.1, 0.15) is 6.04 Å². The highest BCUT2D eigenvalue weighted by atomic mass is 32.2. The van der Waals surface area contributed by atoms with Crippen molar-refractivity contribution >= 4 is 29.3 Å². The zero-order chi connectivity index (χ0) is 12.3. The van der Waals surface area contributed by atoms with Gasteiger partial charge in [-0.05, 0) is 18.6 Å². The van der Waals surface area contributed by atoms with Gasteiger partial charge in [-0.1, -0.05) is 18.2 Å². The molecule has 1 fully saturated rings. The average molecular weight is 250 g/mol. The van der Waals surface area contributed by atoms with Crippen molar-refractivity contribution in [1.29, 1.82) is 0 Å². The quantitative estimate of drug-likeness (QED) is 0.828. The van der Waals surface area contributed by atoms with Crippen LogP contribution in [0.5, 0.6) is 0 Å². The molecular weight excluding hydrogens is 236 g/mol. The molecule has 90 valence electrons. The van der Waals surface area contributed by atoms with Crippen LogP contribution in [0.25, 0.3) is 0 Å². The van der Waals surface area contributed by atoms with Gasteiger partial charge in [0.05, 0.1) is 5.75 Å². The summed E-state index contributed by atoms with van der Waals surface area (Å²) in [6.07, 6.45) is 0. The summed E-state index contributed by atoms with van der Waals surface area (Å²) in [5.74, 6) is 0.837. The van der Waals surface area contributed by atoms with E-state index in [1.807, 2.05) is 31.2 Å². The molecule has 1 atom stereocenters. The Morgan fingerprint density at radius 1 is 1.47 bits per heavy atom. The molecule has 1 aliphatic heterocycles. The zero-order valence-corrected chi connectivity index (χ0v) is 10.3. The molecule has 2 rings (SSSR count). The second-order valence-corrected chi connectivity index (χ2v) is 4.97. The number of carbonyl (C=O) groups is 2. The number of thioether (sulfide) groups is 1. The summed E-state index contributed by atoms with van der Waals surface area (Å²) in [5, 5.41) is 5.52. The van der Waals surface area contributed by atoms with Crippen LogP contribution in [0.2, 0.25) is 0 Å². The Balaban J connectivity index is 2.02. The predicted octanol–water partition coefficient (Wildman–Crippen LogP) is 1.17. The Bertz CT molecular complexity index is 448. The van der Waals surface area contributed by atoms with Crippen LogP contribution in [-0.4, -0.2) is 29.4 Å². The summed E-state index contributed by atoms with van der Waals surface area (Å²) in [5.41, 5.74) is 1.80. The van der Waals surface area contributed by atoms with Gasteiger partial charge < -0.3 is 10.6 Å². The van der Waals surface area contributed by atoms with Gasteiger partial charge in [0, 0.05) is 11.4 Å². The van der Waals surface area contributed by atoms with Gasteiger partial charge in [0.25, 0.3) is 0 Å². The first-order valence-electron chi connectivity index (χ1n) is 5.40. The van der Waals surface area contributed by atoms with E-state index in [1.54, 1.807) is 0 Å². The van der Waals surface area contributed by atoms with Crippen LogP contribution in [0.4, 0.5) is 5.69 Å². The van der Waals surface area contributed by atoms with Gasteiger partial charge in [-0.3, -0.25) is 9.59 Å². The maximum atomic E-state index is 11.9. The van der Waals surface area contributed by atoms with Gasteiger partial charge in [-0.15, -0.1) is 11.8 Å². The van der Waals surface area contributed by atoms with Gasteiger partial charge >= 0.3 is 0 Å². The highest BCUT2D eigenvalue weighted by molar-refractivity contribution is 8.00. The van der Waals surface area contributed by atoms with Crippen molar-refractivity contribution in [3.63, 3.8) is 0 Å². The van der Waals surface area contributed by atoms with Crippen LogP contribution in [0.15, 0.2) is 24.3 Å². The number of rotatable bonds is 2. The Kier molecular flexibility index (Phi) is 3.68. The third-order valence-corrected chi connectivity index (χ3v) is 3.61. The van der Waals surface area contributed by atoms with Gasteiger partial charge in [0.2, 0.25) is 11.8 Å². The molecule has 1 aliphatic rings. The first-order valence-corrected chi connectivity index (χ1v) is 6.56. The normalized spacial score (nSPS) is 19.6. The fourth-order valence-corrected chi connectivity index (χ4v) is 2.48. The van der Waals surface area contributed by atoms with E-state index in [0.717, 1.165) is 11.3 Å². The van der Waals surface area contributed by atoms with Gasteiger partial charge in [-0.25, -0.2) is 0 Å². The van der Waals surface area contributed by atoms with Crippen molar-refractivity contribution in [3.8, 4) is 0 Å². The van der Waals surface area contributed by atoms with E-state index in [9.17, 15) is 9.59 Å². The number of nitrogens with one attached hydrogen (secondary N) is 2. The SMILES string of the molecule is Cc1ccccc1NC(=O)C1CSCC(=O)N1. The third-order valence-electron chi connectivity index (χ3n) is 2.57. The molecule has 0 radical (unpaired) electrons. The highest BCUT2D eigenvalue weighted by Crippen LogP contribution is 2.15. The fourth-order valence-electron chi connectivity index (χ4n) is 1.62. The zero-order valence-electron chi connectivity index (χ0n) is 9.53. The van der Waals surface area contributed by atoms with Crippen LogP contribution in [0.1, 0.15) is 5.56 Å². The Hall–Kier alpha value is -1.49. The molecule has 0 bridgehead atoms. The molecule has 2 amide bonds. The lowest BCUT2D eigenvalue weighted by Gasteiger charge is -2.22. The number of amides is 2. The molecular formula is C12H14N2O2S. The largest absolute Gasteiger partial charge is 0.343 e. The molecule has 1 heterocycles. The van der Waals surface area contributed by atoms with E-state index in [-0.39, 0.29) is 11.8 Å². The maximum absolute atomic E-state index is 11.9. The van der Waals surface area contributed by atoms with Crippen molar-refractivity contribution in [1.82, 2.24) is 5.32 Å². The Morgan fingerprint density at radius 2 is 2.24 bits per heavy atom. The minimum absolute atomic E-state index is 0.0776. The molecule has 0 aromatic heterocycles. The standard InChI is InChI=1S/C12H14N2O2S/c1-8-4-2-3-5-9(8)14-12(16)10-6-17-7-11(15)13-10/h2-5,10H,6-7H2,1H3,(H,13,15)(H,14,16). The molecule has 1 saturated heterocycles. The van der Waals surface area contributed by atoms with Crippen LogP contribution < -0.4 is 10.6 Å². The molecule has 1 aromatic carbocycles. The van der Waals surface area contributed by atoms with Crippen molar-refractivity contribution < 1.29 is 9.59 Å². The molecule has 0 aliphatic carbocycles. The number of para-hydroxylation sites is 1. The number of hydrogen-bond acceptors (Lipinski definition) is 3. The molecule has 1 unspecified atom stereocenters. The monoisotopic (exact) mass is 250 g/mol. The lowest BCUT2D eigenvalue weighted by Crippen LogP contribution is -2.49. The summed E-state index contributed by atoms with van der Waals surface area (Å²) in [6.45, 7) is 1.93. The molecule has 17 heavy (non-hydrogen) atoms. The molecule has 5 heteroatoms. The van der Waals surface area contributed by atoms with E-state index >= 15 is 0 Å². The number of benzene rings is 1. The fraction of sp³-hybridized carbons (Fsp3) is 0.333. The number of carbonyl (C=O) groups excluding carboxylic acids is 2. The van der Waals surface area contributed by atoms with Crippen molar-refractivity contribution in [2.45, 2.75) is 13.0 Å². The third kappa shape index (κ3) is 3.00. The summed E-state index contributed by atoms with van der Waals surface area (Å²) >= 11 is 1.48. The van der Waals surface area contributed by atoms with Crippen LogP contribution >= 0.6 is 11.8 Å². The smallest absolute Gasteiger partial charge is 0.247 e. The molecule has 0 saturated carbocycles. The lowest BCUT2D eigenvalue weighted by molar-refractivity contribution is -0.124. The van der Waals surface area contributed by atoms with E-state index in [2.05, 4.69) is 10.6 Å². The number of anilines is 1. The average Bonchev–Trinajstić information content (AvgIpc) is 2.32. The Labute approximate surface area is 104 Å². The van der Waals surface area contributed by atoms with E-state index in [4.69, 9.17) is 0 Å². The number of hydrogen-bond donors (Lipinski definition) is 2. The summed E-state index contributed by atoms with van der Waals surface area (Å²) in [4.78, 5) is 23.1. The van der Waals surface area contributed by atoms with E-state index in [1.165, 1.54) is 11.8 Å². The van der Waals surface area contributed by atoms with Gasteiger partial charge in [0.15, 0.2) is 0 Å². The minimum Gasteiger partial charge on any atom is -0.343 e. The highest BCUT2D eigenvalue weighted by Gasteiger charge is 2.25. The van der Waals surface area contributed by atoms with Crippen LogP contribution in [-0.2, 0) is 9.59 Å². The first-order chi connectivity index (χ1) is 8.16. The van der Waals surface area contributed by atoms with Gasteiger partial charge in [-0.2, -0.15) is 0 Å². The first kappa shape index (κ1) is 12.0. The topological polar surface area (TPSA) is 58.2 Å². The van der Waals surface area contributed by atoms with E-state index in [0.29, 0.717) is 11.5 Å². The predicted molar refractivity (Wildman–Crippen MR) is 69.1 cm³/mol. The summed E-state index contributed by atoms with van der Waals surface area (Å²) in [7, 11) is 0. The maximum Gasteiger partial charge on any atom is 0.247 e. The van der Waals surface area contributed by atoms with Crippen molar-refractivity contribution in [2.75, 3.05) is 16.8 Å². The molecule has 1 aromatic rings. The summed E-state index contributed by atoms with van der Waals surface area (Å²) in [6, 6.07) is 7.15. The van der Waals surface area contributed by atoms with Crippen molar-refractivity contribution in [3.05, 3.63) is 29.8 Å².